The summed E-state index contributed by atoms with van der Waals surface area (Å²) in [5.41, 5.74) is 7.54. The van der Waals surface area contributed by atoms with Crippen molar-refractivity contribution in [1.82, 2.24) is 0 Å². The fourth-order valence-electron chi connectivity index (χ4n) is 1.28. The van der Waals surface area contributed by atoms with E-state index in [9.17, 15) is 9.67 Å². The monoisotopic (exact) mass is 212 g/mol. The predicted molar refractivity (Wildman–Crippen MR) is 59.1 cm³/mol. The largest absolute Gasteiger partial charge is 0.399 e. The van der Waals surface area contributed by atoms with Crippen molar-refractivity contribution in [3.8, 4) is 0 Å². The van der Waals surface area contributed by atoms with E-state index in [1.807, 2.05) is 24.3 Å². The standard InChI is InChI=1S/C10H15NO2P/c11-10-4-2-1-3-8(10)5-6-9(12)7-14-13/h1-4,9,12,14H,5-7,11H2. The Balaban J connectivity index is 2.45. The molecule has 0 spiro atoms. The predicted octanol–water partition coefficient (Wildman–Crippen LogP) is 1.59. The van der Waals surface area contributed by atoms with Crippen molar-refractivity contribution in [2.45, 2.75) is 18.9 Å². The highest BCUT2D eigenvalue weighted by Crippen LogP contribution is 2.14. The maximum absolute atomic E-state index is 10.3. The van der Waals surface area contributed by atoms with Crippen LogP contribution < -0.4 is 5.73 Å². The molecule has 14 heavy (non-hydrogen) atoms. The van der Waals surface area contributed by atoms with Crippen molar-refractivity contribution in [3.63, 3.8) is 0 Å². The Kier molecular flexibility index (Phi) is 4.57. The molecule has 4 heteroatoms. The third kappa shape index (κ3) is 3.44. The number of aliphatic hydroxyl groups is 1. The molecule has 1 aromatic rings. The van der Waals surface area contributed by atoms with Crippen LogP contribution in [0.3, 0.4) is 0 Å². The number of hydrogen-bond acceptors (Lipinski definition) is 3. The van der Waals surface area contributed by atoms with Gasteiger partial charge in [0.15, 0.2) is 0 Å². The molecule has 0 saturated heterocycles. The molecule has 2 unspecified atom stereocenters. The molecular weight excluding hydrogens is 197 g/mol. The van der Waals surface area contributed by atoms with E-state index in [-0.39, 0.29) is 0 Å². The smallest absolute Gasteiger partial charge is 0.0640 e. The zero-order chi connectivity index (χ0) is 10.4. The number of para-hydroxylation sites is 1. The second-order valence-electron chi connectivity index (χ2n) is 3.24. The zero-order valence-electron chi connectivity index (χ0n) is 7.94. The van der Waals surface area contributed by atoms with Gasteiger partial charge in [-0.05, 0) is 24.5 Å². The molecule has 0 aliphatic carbocycles. The highest BCUT2D eigenvalue weighted by atomic mass is 31.1. The highest BCUT2D eigenvalue weighted by molar-refractivity contribution is 7.23. The molecule has 0 aliphatic heterocycles. The van der Waals surface area contributed by atoms with Crippen molar-refractivity contribution in [1.29, 1.82) is 0 Å². The number of aliphatic hydroxyl groups excluding tert-OH is 1. The van der Waals surface area contributed by atoms with E-state index in [4.69, 9.17) is 5.73 Å². The quantitative estimate of drug-likeness (QED) is 0.575. The topological polar surface area (TPSA) is 63.3 Å². The van der Waals surface area contributed by atoms with E-state index < -0.39 is 14.6 Å². The van der Waals surface area contributed by atoms with Gasteiger partial charge in [0.25, 0.3) is 0 Å². The lowest BCUT2D eigenvalue weighted by Crippen LogP contribution is -2.10. The summed E-state index contributed by atoms with van der Waals surface area (Å²) < 4.78 is 10.3. The summed E-state index contributed by atoms with van der Waals surface area (Å²) in [6.07, 6.45) is 1.22. The van der Waals surface area contributed by atoms with Crippen LogP contribution in [0.2, 0.25) is 0 Å². The van der Waals surface area contributed by atoms with Crippen LogP contribution in [0.15, 0.2) is 24.3 Å². The molecule has 3 nitrogen and oxygen atoms in total. The summed E-state index contributed by atoms with van der Waals surface area (Å²) in [4.78, 5) is 0. The molecule has 77 valence electrons. The van der Waals surface area contributed by atoms with Crippen LogP contribution >= 0.6 is 8.46 Å². The second-order valence-corrected chi connectivity index (χ2v) is 3.94. The Labute approximate surface area is 85.1 Å². The van der Waals surface area contributed by atoms with Crippen molar-refractivity contribution in [2.24, 2.45) is 0 Å². The Morgan fingerprint density at radius 3 is 2.79 bits per heavy atom. The lowest BCUT2D eigenvalue weighted by molar-refractivity contribution is 0.188. The van der Waals surface area contributed by atoms with Crippen LogP contribution in [0.5, 0.6) is 0 Å². The van der Waals surface area contributed by atoms with Gasteiger partial charge >= 0.3 is 0 Å². The van der Waals surface area contributed by atoms with Gasteiger partial charge in [0.2, 0.25) is 0 Å². The molecular formula is C10H15NO2P. The minimum atomic E-state index is -0.481. The number of benzene rings is 1. The van der Waals surface area contributed by atoms with E-state index in [0.717, 1.165) is 17.7 Å². The molecule has 1 radical (unpaired) electrons. The first kappa shape index (κ1) is 11.2. The molecule has 0 aromatic heterocycles. The van der Waals surface area contributed by atoms with Crippen LogP contribution in [-0.4, -0.2) is 17.4 Å². The Morgan fingerprint density at radius 2 is 2.14 bits per heavy atom. The van der Waals surface area contributed by atoms with Gasteiger partial charge in [-0.3, -0.25) is 4.57 Å². The maximum atomic E-state index is 10.3. The summed E-state index contributed by atoms with van der Waals surface area (Å²) in [7, 11) is -0.428. The molecule has 0 heterocycles. The third-order valence-corrected chi connectivity index (χ3v) is 2.76. The van der Waals surface area contributed by atoms with E-state index >= 15 is 0 Å². The zero-order valence-corrected chi connectivity index (χ0v) is 8.94. The van der Waals surface area contributed by atoms with Gasteiger partial charge in [0.1, 0.15) is 0 Å². The minimum Gasteiger partial charge on any atom is -0.399 e. The minimum absolute atomic E-state index is 0.354. The Hall–Kier alpha value is -0.920. The maximum Gasteiger partial charge on any atom is 0.0640 e. The molecule has 3 N–H and O–H groups in total. The van der Waals surface area contributed by atoms with Gasteiger partial charge in [-0.15, -0.1) is 0 Å². The average Bonchev–Trinajstić information content (AvgIpc) is 2.17. The fraction of sp³-hybridized carbons (Fsp3) is 0.400. The molecule has 2 atom stereocenters. The third-order valence-electron chi connectivity index (χ3n) is 2.12. The highest BCUT2D eigenvalue weighted by Gasteiger charge is 2.04. The molecule has 0 fully saturated rings. The van der Waals surface area contributed by atoms with Gasteiger partial charge in [-0.1, -0.05) is 18.2 Å². The SMILES string of the molecule is Nc1ccccc1CCC(O)C[PH]=O. The number of rotatable bonds is 5. The molecule has 0 saturated carbocycles. The van der Waals surface area contributed by atoms with Gasteiger partial charge in [-0.25, -0.2) is 0 Å². The number of anilines is 1. The summed E-state index contributed by atoms with van der Waals surface area (Å²) in [5, 5.41) is 9.37. The lowest BCUT2D eigenvalue weighted by Gasteiger charge is -2.08. The van der Waals surface area contributed by atoms with Crippen molar-refractivity contribution < 1.29 is 9.67 Å². The van der Waals surface area contributed by atoms with Crippen LogP contribution in [0.1, 0.15) is 12.0 Å². The summed E-state index contributed by atoms with van der Waals surface area (Å²) in [5.74, 6) is 0. The number of nitrogens with two attached hydrogens (primary N) is 1. The number of hydrogen-bond donors (Lipinski definition) is 2. The fourth-order valence-corrected chi connectivity index (χ4v) is 1.68. The number of nitrogen functional groups attached to an aromatic ring is 1. The molecule has 1 aromatic carbocycles. The molecule has 0 bridgehead atoms. The molecule has 0 amide bonds. The second kappa shape index (κ2) is 5.74. The van der Waals surface area contributed by atoms with Gasteiger partial charge in [0.05, 0.1) is 14.6 Å². The first-order valence-electron chi connectivity index (χ1n) is 4.60. The molecule has 0 aliphatic rings. The van der Waals surface area contributed by atoms with Gasteiger partial charge < -0.3 is 10.8 Å². The van der Waals surface area contributed by atoms with Crippen LogP contribution in [0, 0.1) is 0 Å². The normalized spacial score (nSPS) is 12.9. The Bertz CT molecular complexity index is 304. The van der Waals surface area contributed by atoms with Crippen molar-refractivity contribution >= 4 is 14.1 Å². The summed E-state index contributed by atoms with van der Waals surface area (Å²) in [6.45, 7) is 0. The van der Waals surface area contributed by atoms with Crippen LogP contribution in [-0.2, 0) is 11.0 Å². The first-order chi connectivity index (χ1) is 6.74. The average molecular weight is 212 g/mol. The van der Waals surface area contributed by atoms with E-state index in [0.29, 0.717) is 12.6 Å². The van der Waals surface area contributed by atoms with Crippen molar-refractivity contribution in [2.75, 3.05) is 11.9 Å². The first-order valence-corrected chi connectivity index (χ1v) is 5.72. The van der Waals surface area contributed by atoms with Gasteiger partial charge in [-0.2, -0.15) is 0 Å². The number of aryl methyl sites for hydroxylation is 1. The van der Waals surface area contributed by atoms with Gasteiger partial charge in [0, 0.05) is 11.8 Å². The summed E-state index contributed by atoms with van der Waals surface area (Å²) >= 11 is 0. The van der Waals surface area contributed by atoms with Crippen molar-refractivity contribution in [3.05, 3.63) is 29.8 Å². The molecule has 1 rings (SSSR count). The van der Waals surface area contributed by atoms with E-state index in [1.165, 1.54) is 0 Å². The summed E-state index contributed by atoms with van der Waals surface area (Å²) in [6, 6.07) is 7.60. The van der Waals surface area contributed by atoms with Crippen LogP contribution in [0.25, 0.3) is 0 Å². The van der Waals surface area contributed by atoms with E-state index in [1.54, 1.807) is 0 Å². The lowest BCUT2D eigenvalue weighted by atomic mass is 10.1. The Morgan fingerprint density at radius 1 is 1.43 bits per heavy atom. The van der Waals surface area contributed by atoms with E-state index in [2.05, 4.69) is 0 Å². The van der Waals surface area contributed by atoms with Crippen LogP contribution in [0.4, 0.5) is 5.69 Å².